The molecule has 27 heavy (non-hydrogen) atoms. The fourth-order valence-electron chi connectivity index (χ4n) is 2.25. The smallest absolute Gasteiger partial charge is 0.294 e. The molecule has 1 heterocycles. The molecule has 0 saturated carbocycles. The Morgan fingerprint density at radius 3 is 2.74 bits per heavy atom. The molecule has 0 aliphatic heterocycles. The number of nitrogens with one attached hydrogen (secondary N) is 1. The van der Waals surface area contributed by atoms with Crippen molar-refractivity contribution in [2.24, 2.45) is 5.73 Å². The SMILES string of the molecule is N#Cc1cccc(COc2cccc(NC(=O)c3cc(C(N)=O)no3)c2)c1. The van der Waals surface area contributed by atoms with Gasteiger partial charge < -0.3 is 20.3 Å². The Hall–Kier alpha value is -4.12. The quantitative estimate of drug-likeness (QED) is 0.692. The fourth-order valence-corrected chi connectivity index (χ4v) is 2.25. The van der Waals surface area contributed by atoms with Crippen LogP contribution in [-0.2, 0) is 6.61 Å². The van der Waals surface area contributed by atoms with E-state index in [2.05, 4.69) is 16.5 Å². The third kappa shape index (κ3) is 4.49. The number of carbonyl (C=O) groups excluding carboxylic acids is 2. The van der Waals surface area contributed by atoms with E-state index in [9.17, 15) is 9.59 Å². The summed E-state index contributed by atoms with van der Waals surface area (Å²) in [7, 11) is 0. The molecule has 3 N–H and O–H groups in total. The molecule has 0 aliphatic carbocycles. The minimum atomic E-state index is -0.784. The van der Waals surface area contributed by atoms with Gasteiger partial charge in [0.25, 0.3) is 11.8 Å². The Morgan fingerprint density at radius 1 is 1.19 bits per heavy atom. The molecule has 1 aromatic heterocycles. The van der Waals surface area contributed by atoms with Crippen LogP contribution in [0.15, 0.2) is 59.1 Å². The van der Waals surface area contributed by atoms with Crippen LogP contribution in [0.5, 0.6) is 5.75 Å². The molecule has 0 bridgehead atoms. The van der Waals surface area contributed by atoms with E-state index in [-0.39, 0.29) is 18.1 Å². The van der Waals surface area contributed by atoms with Gasteiger partial charge in [0.1, 0.15) is 12.4 Å². The average molecular weight is 362 g/mol. The van der Waals surface area contributed by atoms with Crippen LogP contribution in [0.1, 0.15) is 32.2 Å². The summed E-state index contributed by atoms with van der Waals surface area (Å²) in [6.45, 7) is 0.275. The lowest BCUT2D eigenvalue weighted by atomic mass is 10.1. The standard InChI is InChI=1S/C19H14N4O4/c20-10-12-3-1-4-13(7-12)11-26-15-6-2-5-14(8-15)22-19(25)17-9-16(18(21)24)23-27-17/h1-9H,11H2,(H2,21,24)(H,22,25). The van der Waals surface area contributed by atoms with Gasteiger partial charge in [0.2, 0.25) is 5.76 Å². The van der Waals surface area contributed by atoms with Gasteiger partial charge in [0, 0.05) is 17.8 Å². The van der Waals surface area contributed by atoms with Crippen molar-refractivity contribution in [2.75, 3.05) is 5.32 Å². The molecule has 8 nitrogen and oxygen atoms in total. The number of aromatic nitrogens is 1. The maximum Gasteiger partial charge on any atom is 0.294 e. The van der Waals surface area contributed by atoms with Crippen LogP contribution in [0.3, 0.4) is 0 Å². The molecule has 0 saturated heterocycles. The largest absolute Gasteiger partial charge is 0.489 e. The van der Waals surface area contributed by atoms with E-state index < -0.39 is 11.8 Å². The second kappa shape index (κ2) is 7.84. The predicted octanol–water partition coefficient (Wildman–Crippen LogP) is 2.48. The van der Waals surface area contributed by atoms with Crippen molar-refractivity contribution in [3.8, 4) is 11.8 Å². The minimum absolute atomic E-state index is 0.128. The molecule has 3 aromatic rings. The van der Waals surface area contributed by atoms with Crippen LogP contribution in [-0.4, -0.2) is 17.0 Å². The van der Waals surface area contributed by atoms with Gasteiger partial charge >= 0.3 is 0 Å². The first-order valence-electron chi connectivity index (χ1n) is 7.85. The molecular weight excluding hydrogens is 348 g/mol. The molecule has 0 atom stereocenters. The van der Waals surface area contributed by atoms with Crippen LogP contribution in [0.4, 0.5) is 5.69 Å². The van der Waals surface area contributed by atoms with Gasteiger partial charge in [0.05, 0.1) is 11.6 Å². The number of primary amides is 1. The van der Waals surface area contributed by atoms with Crippen LogP contribution in [0.2, 0.25) is 0 Å². The predicted molar refractivity (Wildman–Crippen MR) is 94.9 cm³/mol. The van der Waals surface area contributed by atoms with Crippen LogP contribution >= 0.6 is 0 Å². The first-order valence-corrected chi connectivity index (χ1v) is 7.85. The van der Waals surface area contributed by atoms with E-state index in [1.54, 1.807) is 42.5 Å². The number of anilines is 1. The Bertz CT molecular complexity index is 1040. The molecule has 8 heteroatoms. The van der Waals surface area contributed by atoms with Gasteiger partial charge in [0.15, 0.2) is 5.69 Å². The Balaban J connectivity index is 1.65. The van der Waals surface area contributed by atoms with Crippen LogP contribution in [0, 0.1) is 11.3 Å². The Kier molecular flexibility index (Phi) is 5.14. The molecule has 0 unspecified atom stereocenters. The number of benzene rings is 2. The monoisotopic (exact) mass is 362 g/mol. The second-order valence-electron chi connectivity index (χ2n) is 5.52. The summed E-state index contributed by atoms with van der Waals surface area (Å²) in [5.74, 6) is -0.962. The lowest BCUT2D eigenvalue weighted by Gasteiger charge is -2.09. The van der Waals surface area contributed by atoms with Crippen LogP contribution in [0.25, 0.3) is 0 Å². The third-order valence-corrected chi connectivity index (χ3v) is 3.54. The molecule has 0 aliphatic rings. The highest BCUT2D eigenvalue weighted by atomic mass is 16.5. The van der Waals surface area contributed by atoms with Crippen molar-refractivity contribution < 1.29 is 18.8 Å². The van der Waals surface area contributed by atoms with E-state index in [4.69, 9.17) is 20.3 Å². The van der Waals surface area contributed by atoms with Gasteiger partial charge in [-0.05, 0) is 29.8 Å². The van der Waals surface area contributed by atoms with E-state index >= 15 is 0 Å². The summed E-state index contributed by atoms with van der Waals surface area (Å²) < 4.78 is 10.5. The number of hydrogen-bond donors (Lipinski definition) is 2. The number of rotatable bonds is 6. The van der Waals surface area contributed by atoms with Crippen molar-refractivity contribution in [2.45, 2.75) is 6.61 Å². The van der Waals surface area contributed by atoms with Crippen molar-refractivity contribution in [3.63, 3.8) is 0 Å². The summed E-state index contributed by atoms with van der Waals surface area (Å²) in [4.78, 5) is 23.1. The molecule has 0 spiro atoms. The number of nitrogens with zero attached hydrogens (tertiary/aromatic N) is 2. The highest BCUT2D eigenvalue weighted by Gasteiger charge is 2.16. The van der Waals surface area contributed by atoms with Gasteiger partial charge in [-0.1, -0.05) is 23.4 Å². The fraction of sp³-hybridized carbons (Fsp3) is 0.0526. The maximum atomic E-state index is 12.1. The molecule has 2 aromatic carbocycles. The summed E-state index contributed by atoms with van der Waals surface area (Å²) in [6.07, 6.45) is 0. The lowest BCUT2D eigenvalue weighted by Crippen LogP contribution is -2.12. The van der Waals surface area contributed by atoms with Crippen molar-refractivity contribution in [1.29, 1.82) is 5.26 Å². The Labute approximate surface area is 154 Å². The molecule has 0 radical (unpaired) electrons. The molecule has 2 amide bonds. The summed E-state index contributed by atoms with van der Waals surface area (Å²) in [6, 6.07) is 17.1. The molecular formula is C19H14N4O4. The first kappa shape index (κ1) is 17.7. The van der Waals surface area contributed by atoms with E-state index in [0.717, 1.165) is 5.56 Å². The van der Waals surface area contributed by atoms with Crippen LogP contribution < -0.4 is 15.8 Å². The highest BCUT2D eigenvalue weighted by Crippen LogP contribution is 2.20. The first-order chi connectivity index (χ1) is 13.0. The third-order valence-electron chi connectivity index (χ3n) is 3.54. The van der Waals surface area contributed by atoms with E-state index in [0.29, 0.717) is 17.0 Å². The number of nitrogens with two attached hydrogens (primary N) is 1. The van der Waals surface area contributed by atoms with E-state index in [1.807, 2.05) is 6.07 Å². The average Bonchev–Trinajstić information content (AvgIpc) is 3.18. The van der Waals surface area contributed by atoms with Gasteiger partial charge in [-0.15, -0.1) is 0 Å². The van der Waals surface area contributed by atoms with Gasteiger partial charge in [-0.2, -0.15) is 5.26 Å². The minimum Gasteiger partial charge on any atom is -0.489 e. The molecule has 3 rings (SSSR count). The highest BCUT2D eigenvalue weighted by molar-refractivity contribution is 6.03. The number of nitriles is 1. The zero-order valence-electron chi connectivity index (χ0n) is 14.0. The normalized spacial score (nSPS) is 10.0. The van der Waals surface area contributed by atoms with Gasteiger partial charge in [-0.25, -0.2) is 0 Å². The topological polar surface area (TPSA) is 131 Å². The number of ether oxygens (including phenoxy) is 1. The number of carbonyl (C=O) groups is 2. The van der Waals surface area contributed by atoms with Crippen molar-refractivity contribution in [1.82, 2.24) is 5.16 Å². The number of hydrogen-bond acceptors (Lipinski definition) is 6. The summed E-state index contributed by atoms with van der Waals surface area (Å²) in [5.41, 5.74) is 6.82. The van der Waals surface area contributed by atoms with E-state index in [1.165, 1.54) is 6.07 Å². The molecule has 0 fully saturated rings. The summed E-state index contributed by atoms with van der Waals surface area (Å²) in [5, 5.41) is 15.0. The zero-order valence-corrected chi connectivity index (χ0v) is 14.0. The van der Waals surface area contributed by atoms with Gasteiger partial charge in [-0.3, -0.25) is 9.59 Å². The maximum absolute atomic E-state index is 12.1. The Morgan fingerprint density at radius 2 is 2.00 bits per heavy atom. The van der Waals surface area contributed by atoms with Crippen molar-refractivity contribution in [3.05, 3.63) is 77.2 Å². The lowest BCUT2D eigenvalue weighted by molar-refractivity contribution is 0.0973. The second-order valence-corrected chi connectivity index (χ2v) is 5.52. The zero-order chi connectivity index (χ0) is 19.2. The summed E-state index contributed by atoms with van der Waals surface area (Å²) >= 11 is 0. The van der Waals surface area contributed by atoms with Crippen molar-refractivity contribution >= 4 is 17.5 Å². The number of amides is 2. The molecule has 134 valence electrons.